The summed E-state index contributed by atoms with van der Waals surface area (Å²) in [5.41, 5.74) is 5.76. The minimum Gasteiger partial charge on any atom is -0.338 e. The van der Waals surface area contributed by atoms with Crippen molar-refractivity contribution in [2.45, 2.75) is 32.2 Å². The van der Waals surface area contributed by atoms with Crippen molar-refractivity contribution < 1.29 is 0 Å². The van der Waals surface area contributed by atoms with Crippen LogP contribution in [0.15, 0.2) is 18.5 Å². The van der Waals surface area contributed by atoms with Gasteiger partial charge in [-0.1, -0.05) is 6.42 Å². The highest BCUT2D eigenvalue weighted by Gasteiger charge is 2.17. The first-order chi connectivity index (χ1) is 9.25. The zero-order valence-corrected chi connectivity index (χ0v) is 11.8. The highest BCUT2D eigenvalue weighted by molar-refractivity contribution is 5.29. The number of unbranched alkanes of at least 4 members (excludes halogenated alkanes) is 1. The quantitative estimate of drug-likeness (QED) is 0.779. The van der Waals surface area contributed by atoms with Crippen LogP contribution in [0.2, 0.25) is 0 Å². The molecular formula is C14H25N5. The van der Waals surface area contributed by atoms with E-state index in [0.29, 0.717) is 6.04 Å². The number of piperazine rings is 1. The van der Waals surface area contributed by atoms with Crippen LogP contribution in [0.3, 0.4) is 0 Å². The molecule has 0 amide bonds. The summed E-state index contributed by atoms with van der Waals surface area (Å²) in [6.45, 7) is 7.54. The molecule has 1 aliphatic rings. The van der Waals surface area contributed by atoms with Crippen molar-refractivity contribution in [3.63, 3.8) is 0 Å². The molecule has 1 aliphatic heterocycles. The lowest BCUT2D eigenvalue weighted by molar-refractivity contribution is 0.250. The summed E-state index contributed by atoms with van der Waals surface area (Å²) in [4.78, 5) is 13.4. The molecule has 1 atom stereocenters. The molecule has 2 heterocycles. The van der Waals surface area contributed by atoms with E-state index in [1.54, 1.807) is 0 Å². The topological polar surface area (TPSA) is 58.3 Å². The van der Waals surface area contributed by atoms with Gasteiger partial charge in [-0.05, 0) is 32.4 Å². The number of aromatic nitrogens is 2. The van der Waals surface area contributed by atoms with Crippen molar-refractivity contribution in [1.82, 2.24) is 14.9 Å². The van der Waals surface area contributed by atoms with Crippen LogP contribution in [0.4, 0.5) is 5.95 Å². The molecule has 5 heteroatoms. The highest BCUT2D eigenvalue weighted by Crippen LogP contribution is 2.10. The van der Waals surface area contributed by atoms with Gasteiger partial charge in [-0.3, -0.25) is 4.90 Å². The number of nitrogens with zero attached hydrogens (tertiary/aromatic N) is 4. The van der Waals surface area contributed by atoms with Gasteiger partial charge in [-0.15, -0.1) is 0 Å². The number of hydrogen-bond acceptors (Lipinski definition) is 5. The third kappa shape index (κ3) is 4.76. The molecule has 1 fully saturated rings. The fourth-order valence-electron chi connectivity index (χ4n) is 2.43. The number of hydrogen-bond donors (Lipinski definition) is 1. The van der Waals surface area contributed by atoms with Crippen LogP contribution in [0, 0.1) is 0 Å². The molecule has 2 rings (SSSR count). The predicted molar refractivity (Wildman–Crippen MR) is 78.2 cm³/mol. The SMILES string of the molecule is CC(N)CCCCN1CCN(c2ncccn2)CC1. The van der Waals surface area contributed by atoms with Crippen molar-refractivity contribution >= 4 is 5.95 Å². The summed E-state index contributed by atoms with van der Waals surface area (Å²) in [5.74, 6) is 0.860. The van der Waals surface area contributed by atoms with Gasteiger partial charge in [-0.2, -0.15) is 0 Å². The molecule has 1 saturated heterocycles. The Morgan fingerprint density at radius 3 is 2.47 bits per heavy atom. The maximum Gasteiger partial charge on any atom is 0.225 e. The molecule has 0 radical (unpaired) electrons. The third-order valence-corrected chi connectivity index (χ3v) is 3.59. The first-order valence-corrected chi connectivity index (χ1v) is 7.25. The van der Waals surface area contributed by atoms with Crippen LogP contribution < -0.4 is 10.6 Å². The standard InChI is InChI=1S/C14H25N5/c1-13(15)5-2-3-8-18-9-11-19(12-10-18)14-16-6-4-7-17-14/h4,6-7,13H,2-3,5,8-12,15H2,1H3. The lowest BCUT2D eigenvalue weighted by Crippen LogP contribution is -2.47. The van der Waals surface area contributed by atoms with Gasteiger partial charge in [-0.25, -0.2) is 9.97 Å². The Labute approximate surface area is 115 Å². The zero-order valence-electron chi connectivity index (χ0n) is 11.8. The molecule has 19 heavy (non-hydrogen) atoms. The van der Waals surface area contributed by atoms with Crippen LogP contribution >= 0.6 is 0 Å². The summed E-state index contributed by atoms with van der Waals surface area (Å²) in [5, 5.41) is 0. The van der Waals surface area contributed by atoms with Crippen molar-refractivity contribution in [3.05, 3.63) is 18.5 Å². The van der Waals surface area contributed by atoms with Crippen molar-refractivity contribution in [3.8, 4) is 0 Å². The summed E-state index contributed by atoms with van der Waals surface area (Å²) < 4.78 is 0. The van der Waals surface area contributed by atoms with Gasteiger partial charge in [0.15, 0.2) is 0 Å². The second-order valence-electron chi connectivity index (χ2n) is 5.35. The van der Waals surface area contributed by atoms with Crippen LogP contribution in [0.25, 0.3) is 0 Å². The average Bonchev–Trinajstić information content (AvgIpc) is 2.45. The van der Waals surface area contributed by atoms with Crippen LogP contribution in [0.5, 0.6) is 0 Å². The highest BCUT2D eigenvalue weighted by atomic mass is 15.3. The molecular weight excluding hydrogens is 238 g/mol. The normalized spacial score (nSPS) is 18.5. The Kier molecular flexibility index (Phi) is 5.54. The van der Waals surface area contributed by atoms with E-state index in [1.807, 2.05) is 18.5 Å². The van der Waals surface area contributed by atoms with E-state index in [9.17, 15) is 0 Å². The molecule has 106 valence electrons. The van der Waals surface area contributed by atoms with E-state index < -0.39 is 0 Å². The monoisotopic (exact) mass is 263 g/mol. The Morgan fingerprint density at radius 1 is 1.16 bits per heavy atom. The lowest BCUT2D eigenvalue weighted by atomic mass is 10.1. The van der Waals surface area contributed by atoms with Gasteiger partial charge in [0.1, 0.15) is 0 Å². The Balaban J connectivity index is 1.65. The summed E-state index contributed by atoms with van der Waals surface area (Å²) in [7, 11) is 0. The van der Waals surface area contributed by atoms with Crippen molar-refractivity contribution in [2.24, 2.45) is 5.73 Å². The molecule has 1 unspecified atom stereocenters. The molecule has 0 aromatic carbocycles. The van der Waals surface area contributed by atoms with Crippen LogP contribution in [0.1, 0.15) is 26.2 Å². The van der Waals surface area contributed by atoms with E-state index >= 15 is 0 Å². The molecule has 1 aromatic rings. The maximum absolute atomic E-state index is 5.76. The van der Waals surface area contributed by atoms with E-state index in [4.69, 9.17) is 5.73 Å². The summed E-state index contributed by atoms with van der Waals surface area (Å²) >= 11 is 0. The number of nitrogens with two attached hydrogens (primary N) is 1. The second-order valence-corrected chi connectivity index (χ2v) is 5.35. The Bertz CT molecular complexity index is 346. The fraction of sp³-hybridized carbons (Fsp3) is 0.714. The fourth-order valence-corrected chi connectivity index (χ4v) is 2.43. The molecule has 0 aliphatic carbocycles. The smallest absolute Gasteiger partial charge is 0.225 e. The van der Waals surface area contributed by atoms with E-state index in [1.165, 1.54) is 19.4 Å². The predicted octanol–water partition coefficient (Wildman–Crippen LogP) is 1.12. The Morgan fingerprint density at radius 2 is 1.84 bits per heavy atom. The van der Waals surface area contributed by atoms with Gasteiger partial charge >= 0.3 is 0 Å². The minimum absolute atomic E-state index is 0.340. The van der Waals surface area contributed by atoms with Crippen molar-refractivity contribution in [1.29, 1.82) is 0 Å². The van der Waals surface area contributed by atoms with E-state index in [2.05, 4.69) is 26.7 Å². The maximum atomic E-state index is 5.76. The van der Waals surface area contributed by atoms with E-state index in [0.717, 1.165) is 38.5 Å². The number of anilines is 1. The van der Waals surface area contributed by atoms with Crippen molar-refractivity contribution in [2.75, 3.05) is 37.6 Å². The third-order valence-electron chi connectivity index (χ3n) is 3.59. The van der Waals surface area contributed by atoms with Crippen LogP contribution in [-0.2, 0) is 0 Å². The Hall–Kier alpha value is -1.20. The van der Waals surface area contributed by atoms with Gasteiger partial charge in [0, 0.05) is 44.6 Å². The zero-order chi connectivity index (χ0) is 13.5. The lowest BCUT2D eigenvalue weighted by Gasteiger charge is -2.34. The molecule has 5 nitrogen and oxygen atoms in total. The van der Waals surface area contributed by atoms with Gasteiger partial charge in [0.25, 0.3) is 0 Å². The first kappa shape index (κ1) is 14.2. The van der Waals surface area contributed by atoms with Gasteiger partial charge in [0.05, 0.1) is 0 Å². The number of rotatable bonds is 6. The van der Waals surface area contributed by atoms with Crippen LogP contribution in [-0.4, -0.2) is 53.6 Å². The molecule has 2 N–H and O–H groups in total. The second kappa shape index (κ2) is 7.40. The van der Waals surface area contributed by atoms with E-state index in [-0.39, 0.29) is 0 Å². The minimum atomic E-state index is 0.340. The molecule has 0 bridgehead atoms. The largest absolute Gasteiger partial charge is 0.338 e. The molecule has 0 spiro atoms. The molecule has 1 aromatic heterocycles. The molecule has 0 saturated carbocycles. The van der Waals surface area contributed by atoms with Gasteiger partial charge < -0.3 is 10.6 Å². The summed E-state index contributed by atoms with van der Waals surface area (Å²) in [6, 6.07) is 2.20. The van der Waals surface area contributed by atoms with Gasteiger partial charge in [0.2, 0.25) is 5.95 Å². The summed E-state index contributed by atoms with van der Waals surface area (Å²) in [6.07, 6.45) is 7.24. The average molecular weight is 263 g/mol. The first-order valence-electron chi connectivity index (χ1n) is 7.25.